The van der Waals surface area contributed by atoms with Gasteiger partial charge in [-0.1, -0.05) is 46.9 Å². The third kappa shape index (κ3) is 7.18. The van der Waals surface area contributed by atoms with Crippen LogP contribution in [-0.2, 0) is 15.3 Å². The Morgan fingerprint density at radius 1 is 0.903 bits per heavy atom. The van der Waals surface area contributed by atoms with Crippen molar-refractivity contribution in [3.05, 3.63) is 92.9 Å². The number of carbonyl (C=O) groups is 2. The molecule has 0 aliphatic heterocycles. The molecule has 3 rings (SSSR count). The number of carbonyl (C=O) groups excluding carboxylic acids is 2. The first-order chi connectivity index (χ1) is 14.8. The van der Waals surface area contributed by atoms with Crippen molar-refractivity contribution in [1.82, 2.24) is 0 Å². The van der Waals surface area contributed by atoms with Crippen LogP contribution >= 0.6 is 46.6 Å². The van der Waals surface area contributed by atoms with Gasteiger partial charge in [-0.3, -0.25) is 4.79 Å². The van der Waals surface area contributed by atoms with Gasteiger partial charge in [0.2, 0.25) is 0 Å². The quantitative estimate of drug-likeness (QED) is 0.280. The molecular formula is C23H18Cl3NO3S. The van der Waals surface area contributed by atoms with Crippen LogP contribution in [-0.4, -0.2) is 18.0 Å². The van der Waals surface area contributed by atoms with Crippen molar-refractivity contribution >= 4 is 64.1 Å². The van der Waals surface area contributed by atoms with Crippen LogP contribution in [0.4, 0.5) is 5.69 Å². The molecule has 0 aliphatic rings. The van der Waals surface area contributed by atoms with Gasteiger partial charge in [-0.05, 0) is 67.1 Å². The zero-order valence-electron chi connectivity index (χ0n) is 16.4. The fourth-order valence-corrected chi connectivity index (χ4v) is 4.09. The number of amides is 1. The summed E-state index contributed by atoms with van der Waals surface area (Å²) in [7, 11) is 0. The lowest BCUT2D eigenvalue weighted by molar-refractivity contribution is -0.123. The van der Waals surface area contributed by atoms with Gasteiger partial charge >= 0.3 is 5.97 Å². The highest BCUT2D eigenvalue weighted by Gasteiger charge is 2.19. The fraction of sp³-hybridized carbons (Fsp3) is 0.130. The van der Waals surface area contributed by atoms with Crippen LogP contribution in [0.3, 0.4) is 0 Å². The Kier molecular flexibility index (Phi) is 8.27. The molecule has 8 heteroatoms. The molecule has 0 radical (unpaired) electrons. The molecule has 1 atom stereocenters. The SMILES string of the molecule is C[C@@H](OC(=O)c1ccc(CSc2ccc(Cl)cc2)cc1)C(=O)Nc1cc(Cl)cc(Cl)c1. The number of esters is 1. The number of rotatable bonds is 7. The van der Waals surface area contributed by atoms with E-state index in [-0.39, 0.29) is 0 Å². The van der Waals surface area contributed by atoms with Crippen molar-refractivity contribution in [3.63, 3.8) is 0 Å². The Bertz CT molecular complexity index is 1050. The maximum atomic E-state index is 12.4. The second-order valence-electron chi connectivity index (χ2n) is 6.63. The number of hydrogen-bond acceptors (Lipinski definition) is 4. The highest BCUT2D eigenvalue weighted by atomic mass is 35.5. The largest absolute Gasteiger partial charge is 0.449 e. The van der Waals surface area contributed by atoms with E-state index < -0.39 is 18.0 Å². The average molecular weight is 495 g/mol. The Balaban J connectivity index is 1.53. The van der Waals surface area contributed by atoms with Crippen LogP contribution in [0, 0.1) is 0 Å². The minimum Gasteiger partial charge on any atom is -0.449 e. The molecule has 0 aliphatic carbocycles. The Morgan fingerprint density at radius 2 is 1.52 bits per heavy atom. The van der Waals surface area contributed by atoms with Gasteiger partial charge in [-0.25, -0.2) is 4.79 Å². The number of halogens is 3. The molecule has 0 saturated heterocycles. The summed E-state index contributed by atoms with van der Waals surface area (Å²) in [5, 5.41) is 4.11. The standard InChI is InChI=1S/C23H18Cl3NO3S/c1-14(22(28)27-20-11-18(25)10-19(26)12-20)30-23(29)16-4-2-15(3-5-16)13-31-21-8-6-17(24)7-9-21/h2-12,14H,13H2,1H3,(H,27,28)/t14-/m1/s1. The molecule has 3 aromatic carbocycles. The number of anilines is 1. The third-order valence-corrected chi connectivity index (χ3v) is 5.96. The van der Waals surface area contributed by atoms with Crippen molar-refractivity contribution in [1.29, 1.82) is 0 Å². The zero-order valence-corrected chi connectivity index (χ0v) is 19.5. The van der Waals surface area contributed by atoms with Gasteiger partial charge in [0, 0.05) is 31.4 Å². The first-order valence-corrected chi connectivity index (χ1v) is 11.4. The number of thioether (sulfide) groups is 1. The van der Waals surface area contributed by atoms with Crippen molar-refractivity contribution in [2.24, 2.45) is 0 Å². The van der Waals surface area contributed by atoms with Crippen molar-refractivity contribution in [2.75, 3.05) is 5.32 Å². The molecular weight excluding hydrogens is 477 g/mol. The van der Waals surface area contributed by atoms with Crippen molar-refractivity contribution < 1.29 is 14.3 Å². The number of hydrogen-bond donors (Lipinski definition) is 1. The molecule has 4 nitrogen and oxygen atoms in total. The van der Waals surface area contributed by atoms with E-state index >= 15 is 0 Å². The van der Waals surface area contributed by atoms with E-state index in [0.717, 1.165) is 16.2 Å². The van der Waals surface area contributed by atoms with E-state index in [1.165, 1.54) is 6.92 Å². The normalized spacial score (nSPS) is 11.6. The van der Waals surface area contributed by atoms with Crippen LogP contribution in [0.2, 0.25) is 15.1 Å². The molecule has 0 aromatic heterocycles. The summed E-state index contributed by atoms with van der Waals surface area (Å²) in [6.45, 7) is 1.50. The highest BCUT2D eigenvalue weighted by molar-refractivity contribution is 7.98. The van der Waals surface area contributed by atoms with E-state index in [2.05, 4.69) is 5.32 Å². The molecule has 31 heavy (non-hydrogen) atoms. The van der Waals surface area contributed by atoms with E-state index in [1.807, 2.05) is 36.4 Å². The Labute approximate surface area is 199 Å². The smallest absolute Gasteiger partial charge is 0.338 e. The van der Waals surface area contributed by atoms with Gasteiger partial charge in [0.05, 0.1) is 5.56 Å². The van der Waals surface area contributed by atoms with Gasteiger partial charge in [0.1, 0.15) is 0 Å². The predicted molar refractivity (Wildman–Crippen MR) is 127 cm³/mol. The average Bonchev–Trinajstić information content (AvgIpc) is 2.73. The summed E-state index contributed by atoms with van der Waals surface area (Å²) in [4.78, 5) is 25.8. The molecule has 160 valence electrons. The summed E-state index contributed by atoms with van der Waals surface area (Å²) in [6, 6.07) is 19.4. The van der Waals surface area contributed by atoms with Crippen LogP contribution in [0.25, 0.3) is 0 Å². The molecule has 0 unspecified atom stereocenters. The van der Waals surface area contributed by atoms with Crippen molar-refractivity contribution in [2.45, 2.75) is 23.7 Å². The van der Waals surface area contributed by atoms with Gasteiger partial charge < -0.3 is 10.1 Å². The monoisotopic (exact) mass is 493 g/mol. The molecule has 0 heterocycles. The predicted octanol–water partition coefficient (Wildman–Crippen LogP) is 7.12. The molecule has 1 amide bonds. The second kappa shape index (κ2) is 10.9. The summed E-state index contributed by atoms with van der Waals surface area (Å²) >= 11 is 19.4. The van der Waals surface area contributed by atoms with Gasteiger partial charge in [-0.15, -0.1) is 11.8 Å². The first-order valence-electron chi connectivity index (χ1n) is 9.25. The van der Waals surface area contributed by atoms with Crippen LogP contribution in [0.1, 0.15) is 22.8 Å². The van der Waals surface area contributed by atoms with Crippen LogP contribution in [0.15, 0.2) is 71.6 Å². The summed E-state index contributed by atoms with van der Waals surface area (Å²) < 4.78 is 5.28. The van der Waals surface area contributed by atoms with Gasteiger partial charge in [0.25, 0.3) is 5.91 Å². The topological polar surface area (TPSA) is 55.4 Å². The molecule has 0 bridgehead atoms. The lowest BCUT2D eigenvalue weighted by atomic mass is 10.1. The number of benzene rings is 3. The summed E-state index contributed by atoms with van der Waals surface area (Å²) in [5.74, 6) is -0.316. The second-order valence-corrected chi connectivity index (χ2v) is 8.99. The fourth-order valence-electron chi connectivity index (χ4n) is 2.59. The Hall–Kier alpha value is -2.18. The summed E-state index contributed by atoms with van der Waals surface area (Å²) in [6.07, 6.45) is -0.995. The van der Waals surface area contributed by atoms with E-state index in [1.54, 1.807) is 42.1 Å². The zero-order chi connectivity index (χ0) is 22.4. The minimum atomic E-state index is -0.995. The third-order valence-electron chi connectivity index (χ3n) is 4.19. The number of ether oxygens (including phenoxy) is 1. The molecule has 0 spiro atoms. The molecule has 0 fully saturated rings. The van der Waals surface area contributed by atoms with E-state index in [4.69, 9.17) is 39.5 Å². The molecule has 0 saturated carbocycles. The molecule has 3 aromatic rings. The van der Waals surface area contributed by atoms with Crippen LogP contribution < -0.4 is 5.32 Å². The maximum absolute atomic E-state index is 12.4. The van der Waals surface area contributed by atoms with Crippen molar-refractivity contribution in [3.8, 4) is 0 Å². The minimum absolute atomic E-state index is 0.366. The van der Waals surface area contributed by atoms with E-state index in [9.17, 15) is 9.59 Å². The lowest BCUT2D eigenvalue weighted by Crippen LogP contribution is -2.30. The Morgan fingerprint density at radius 3 is 2.13 bits per heavy atom. The molecule has 1 N–H and O–H groups in total. The highest BCUT2D eigenvalue weighted by Crippen LogP contribution is 2.25. The summed E-state index contributed by atoms with van der Waals surface area (Å²) in [5.41, 5.74) is 1.85. The van der Waals surface area contributed by atoms with E-state index in [0.29, 0.717) is 26.3 Å². The van der Waals surface area contributed by atoms with Gasteiger partial charge in [-0.2, -0.15) is 0 Å². The number of nitrogens with one attached hydrogen (secondary N) is 1. The van der Waals surface area contributed by atoms with Crippen LogP contribution in [0.5, 0.6) is 0 Å². The van der Waals surface area contributed by atoms with Gasteiger partial charge in [0.15, 0.2) is 6.10 Å². The lowest BCUT2D eigenvalue weighted by Gasteiger charge is -2.14. The first kappa shape index (κ1) is 23.5. The maximum Gasteiger partial charge on any atom is 0.338 e.